The summed E-state index contributed by atoms with van der Waals surface area (Å²) >= 11 is 0. The Labute approximate surface area is 219 Å². The predicted molar refractivity (Wildman–Crippen MR) is 142 cm³/mol. The summed E-state index contributed by atoms with van der Waals surface area (Å²) in [6.45, 7) is 18.4. The van der Waals surface area contributed by atoms with Crippen molar-refractivity contribution >= 4 is 11.9 Å². The van der Waals surface area contributed by atoms with E-state index in [0.29, 0.717) is 23.7 Å². The van der Waals surface area contributed by atoms with Crippen LogP contribution in [0.25, 0.3) is 0 Å². The molecule has 0 radical (unpaired) electrons. The van der Waals surface area contributed by atoms with Crippen molar-refractivity contribution in [2.45, 2.75) is 119 Å². The second kappa shape index (κ2) is 8.09. The van der Waals surface area contributed by atoms with Crippen LogP contribution in [0, 0.1) is 56.7 Å². The molecule has 4 heteroatoms. The zero-order valence-corrected chi connectivity index (χ0v) is 24.1. The smallest absolute Gasteiger partial charge is 0.309 e. The molecule has 36 heavy (non-hydrogen) atoms. The first-order chi connectivity index (χ1) is 16.6. The summed E-state index contributed by atoms with van der Waals surface area (Å²) < 4.78 is 5.83. The van der Waals surface area contributed by atoms with Gasteiger partial charge >= 0.3 is 11.9 Å². The van der Waals surface area contributed by atoms with E-state index in [2.05, 4.69) is 54.5 Å². The number of carbonyl (C=O) groups is 2. The molecule has 5 rings (SSSR count). The van der Waals surface area contributed by atoms with E-state index in [0.717, 1.165) is 51.4 Å². The summed E-state index contributed by atoms with van der Waals surface area (Å²) in [5.74, 6) is 1.66. The molecule has 0 unspecified atom stereocenters. The normalized spacial score (nSPS) is 51.5. The van der Waals surface area contributed by atoms with Crippen LogP contribution in [0.3, 0.4) is 0 Å². The largest absolute Gasteiger partial charge is 0.481 e. The Morgan fingerprint density at radius 3 is 2.22 bits per heavy atom. The minimum absolute atomic E-state index is 0.0394. The van der Waals surface area contributed by atoms with Gasteiger partial charge in [0.05, 0.1) is 5.41 Å². The van der Waals surface area contributed by atoms with Crippen LogP contribution < -0.4 is 0 Å². The SMILES string of the molecule is CC(=O)O[C@H]1CC[C@@H]2C(=CC[C@H]3[C@@]2(C)CC[C@@]2(C)[C@@H]4[C@@H](C)[C@H](C)CC[C@]4(C(=O)O)CC[C@]32C)C1(C)C. The van der Waals surface area contributed by atoms with Crippen molar-refractivity contribution in [1.82, 2.24) is 0 Å². The van der Waals surface area contributed by atoms with E-state index in [1.165, 1.54) is 18.9 Å². The van der Waals surface area contributed by atoms with Gasteiger partial charge in [0, 0.05) is 12.3 Å². The van der Waals surface area contributed by atoms with Crippen molar-refractivity contribution in [3.63, 3.8) is 0 Å². The highest BCUT2D eigenvalue weighted by Crippen LogP contribution is 2.77. The molecule has 0 aromatic heterocycles. The van der Waals surface area contributed by atoms with Gasteiger partial charge in [-0.25, -0.2) is 0 Å². The number of hydrogen-bond donors (Lipinski definition) is 1. The fourth-order valence-corrected chi connectivity index (χ4v) is 11.3. The van der Waals surface area contributed by atoms with Crippen LogP contribution in [0.2, 0.25) is 0 Å². The van der Waals surface area contributed by atoms with Crippen LogP contribution in [-0.2, 0) is 14.3 Å². The minimum atomic E-state index is -0.548. The second-order valence-corrected chi connectivity index (χ2v) is 15.1. The van der Waals surface area contributed by atoms with Gasteiger partial charge in [0.1, 0.15) is 6.10 Å². The van der Waals surface area contributed by atoms with Crippen LogP contribution >= 0.6 is 0 Å². The Bertz CT molecular complexity index is 981. The van der Waals surface area contributed by atoms with Crippen LogP contribution in [-0.4, -0.2) is 23.1 Å². The minimum Gasteiger partial charge on any atom is -0.481 e. The maximum absolute atomic E-state index is 13.0. The molecule has 0 heterocycles. The average molecular weight is 499 g/mol. The topological polar surface area (TPSA) is 63.6 Å². The van der Waals surface area contributed by atoms with Crippen LogP contribution in [0.15, 0.2) is 11.6 Å². The van der Waals surface area contributed by atoms with Gasteiger partial charge in [-0.05, 0) is 104 Å². The number of fused-ring (bicyclic) bond motifs is 7. The average Bonchev–Trinajstić information content (AvgIpc) is 2.79. The number of hydrogen-bond acceptors (Lipinski definition) is 3. The number of carbonyl (C=O) groups excluding carboxylic acids is 1. The predicted octanol–water partition coefficient (Wildman–Crippen LogP) is 7.66. The number of rotatable bonds is 2. The van der Waals surface area contributed by atoms with Crippen LogP contribution in [0.4, 0.5) is 0 Å². The molecule has 0 aromatic carbocycles. The number of allylic oxidation sites excluding steroid dienone is 1. The molecule has 1 N–H and O–H groups in total. The summed E-state index contributed by atoms with van der Waals surface area (Å²) in [6.07, 6.45) is 11.7. The van der Waals surface area contributed by atoms with E-state index in [1.807, 2.05) is 0 Å². The first kappa shape index (κ1) is 26.3. The van der Waals surface area contributed by atoms with Crippen molar-refractivity contribution in [1.29, 1.82) is 0 Å². The van der Waals surface area contributed by atoms with Gasteiger partial charge < -0.3 is 9.84 Å². The van der Waals surface area contributed by atoms with Gasteiger partial charge in [0.2, 0.25) is 0 Å². The van der Waals surface area contributed by atoms with E-state index < -0.39 is 11.4 Å². The molecule has 5 aliphatic carbocycles. The quantitative estimate of drug-likeness (QED) is 0.313. The second-order valence-electron chi connectivity index (χ2n) is 15.1. The number of esters is 1. The molecule has 10 atom stereocenters. The highest BCUT2D eigenvalue weighted by atomic mass is 16.5. The van der Waals surface area contributed by atoms with E-state index in [4.69, 9.17) is 4.74 Å². The summed E-state index contributed by atoms with van der Waals surface area (Å²) in [4.78, 5) is 24.8. The lowest BCUT2D eigenvalue weighted by Crippen LogP contribution is -2.68. The molecule has 4 fully saturated rings. The summed E-state index contributed by atoms with van der Waals surface area (Å²) in [7, 11) is 0. The highest BCUT2D eigenvalue weighted by Gasteiger charge is 2.72. The van der Waals surface area contributed by atoms with Gasteiger partial charge in [0.15, 0.2) is 0 Å². The fourth-order valence-electron chi connectivity index (χ4n) is 11.3. The van der Waals surface area contributed by atoms with Gasteiger partial charge in [-0.2, -0.15) is 0 Å². The van der Waals surface area contributed by atoms with Gasteiger partial charge in [0.25, 0.3) is 0 Å². The van der Waals surface area contributed by atoms with E-state index in [9.17, 15) is 14.7 Å². The Kier molecular flexibility index (Phi) is 5.91. The number of ether oxygens (including phenoxy) is 1. The van der Waals surface area contributed by atoms with Crippen molar-refractivity contribution in [3.05, 3.63) is 11.6 Å². The summed E-state index contributed by atoms with van der Waals surface area (Å²) in [5.41, 5.74) is 1.21. The number of carboxylic acid groups (broad SMARTS) is 1. The lowest BCUT2D eigenvalue weighted by Gasteiger charge is -2.73. The Hall–Kier alpha value is -1.32. The van der Waals surface area contributed by atoms with E-state index in [1.54, 1.807) is 0 Å². The Morgan fingerprint density at radius 1 is 0.917 bits per heavy atom. The van der Waals surface area contributed by atoms with Crippen molar-refractivity contribution < 1.29 is 19.4 Å². The van der Waals surface area contributed by atoms with Gasteiger partial charge in [-0.15, -0.1) is 0 Å². The number of aliphatic carboxylic acids is 1. The molecular formula is C32H50O4. The molecule has 4 nitrogen and oxygen atoms in total. The first-order valence-corrected chi connectivity index (χ1v) is 14.8. The molecular weight excluding hydrogens is 448 g/mol. The molecule has 0 bridgehead atoms. The molecule has 0 saturated heterocycles. The zero-order valence-electron chi connectivity index (χ0n) is 24.1. The first-order valence-electron chi connectivity index (χ1n) is 14.8. The standard InChI is InChI=1S/C32H50O4/c1-19-13-14-32(27(34)35)18-17-30(7)24-11-9-22-23(10-12-25(28(22,4)5)36-21(3)33)29(24,6)15-16-31(30,8)26(32)20(19)2/h9,19-20,23-26H,10-18H2,1-8H3,(H,34,35)/t19-,20+,23-,24+,25+,26+,29+,30-,31+,32+/m1/s1. The van der Waals surface area contributed by atoms with Crippen molar-refractivity contribution in [2.24, 2.45) is 56.7 Å². The molecule has 5 aliphatic rings. The maximum Gasteiger partial charge on any atom is 0.309 e. The Morgan fingerprint density at radius 2 is 1.58 bits per heavy atom. The van der Waals surface area contributed by atoms with E-state index >= 15 is 0 Å². The maximum atomic E-state index is 13.0. The fraction of sp³-hybridized carbons (Fsp3) is 0.875. The Balaban J connectivity index is 1.56. The molecule has 4 saturated carbocycles. The molecule has 0 amide bonds. The van der Waals surface area contributed by atoms with Gasteiger partial charge in [-0.3, -0.25) is 9.59 Å². The molecule has 0 aromatic rings. The summed E-state index contributed by atoms with van der Waals surface area (Å²) in [5, 5.41) is 10.7. The van der Waals surface area contributed by atoms with Crippen molar-refractivity contribution in [2.75, 3.05) is 0 Å². The lowest BCUT2D eigenvalue weighted by molar-refractivity contribution is -0.244. The third-order valence-corrected chi connectivity index (χ3v) is 13.6. The van der Waals surface area contributed by atoms with Crippen LogP contribution in [0.1, 0.15) is 113 Å². The molecule has 0 aliphatic heterocycles. The third-order valence-electron chi connectivity index (χ3n) is 13.6. The summed E-state index contributed by atoms with van der Waals surface area (Å²) in [6, 6.07) is 0. The highest BCUT2D eigenvalue weighted by molar-refractivity contribution is 5.76. The van der Waals surface area contributed by atoms with Crippen LogP contribution in [0.5, 0.6) is 0 Å². The molecule has 0 spiro atoms. The van der Waals surface area contributed by atoms with E-state index in [-0.39, 0.29) is 39.7 Å². The van der Waals surface area contributed by atoms with Crippen molar-refractivity contribution in [3.8, 4) is 0 Å². The monoisotopic (exact) mass is 498 g/mol. The zero-order chi connectivity index (χ0) is 26.5. The lowest BCUT2D eigenvalue weighted by atomic mass is 9.31. The van der Waals surface area contributed by atoms with Gasteiger partial charge in [-0.1, -0.05) is 60.1 Å². The number of carboxylic acids is 1. The molecule has 202 valence electrons. The third kappa shape index (κ3) is 3.17.